The fraction of sp³-hybridized carbons (Fsp3) is 0.533. The van der Waals surface area contributed by atoms with E-state index in [2.05, 4.69) is 47.7 Å². The molecule has 0 aliphatic carbocycles. The van der Waals surface area contributed by atoms with Gasteiger partial charge in [0.2, 0.25) is 0 Å². The highest BCUT2D eigenvalue weighted by molar-refractivity contribution is 7.91. The Morgan fingerprint density at radius 2 is 1.95 bits per heavy atom. The van der Waals surface area contributed by atoms with Crippen molar-refractivity contribution < 1.29 is 8.42 Å². The Morgan fingerprint density at radius 3 is 2.52 bits per heavy atom. The van der Waals surface area contributed by atoms with Crippen molar-refractivity contribution in [2.75, 3.05) is 25.1 Å². The highest BCUT2D eigenvalue weighted by Gasteiger charge is 2.07. The van der Waals surface area contributed by atoms with E-state index in [0.717, 1.165) is 0 Å². The SMILES string of the molecule is CCS(=O)(=O)CCNC(=NC)NCc1ccc(C)cc1C. The zero-order valence-corrected chi connectivity index (χ0v) is 14.0. The number of nitrogens with zero attached hydrogens (tertiary/aromatic N) is 1. The van der Waals surface area contributed by atoms with Crippen molar-refractivity contribution in [1.29, 1.82) is 0 Å². The molecule has 118 valence electrons. The average molecular weight is 311 g/mol. The van der Waals surface area contributed by atoms with Crippen molar-refractivity contribution in [2.24, 2.45) is 4.99 Å². The van der Waals surface area contributed by atoms with E-state index in [-0.39, 0.29) is 11.5 Å². The molecule has 0 aromatic heterocycles. The van der Waals surface area contributed by atoms with Crippen LogP contribution in [-0.2, 0) is 16.4 Å². The van der Waals surface area contributed by atoms with Crippen LogP contribution in [0.3, 0.4) is 0 Å². The first-order chi connectivity index (χ1) is 9.88. The van der Waals surface area contributed by atoms with E-state index in [1.165, 1.54) is 16.7 Å². The number of guanidine groups is 1. The van der Waals surface area contributed by atoms with Gasteiger partial charge in [-0.15, -0.1) is 0 Å². The molecule has 2 N–H and O–H groups in total. The Bertz CT molecular complexity index is 595. The first kappa shape index (κ1) is 17.5. The summed E-state index contributed by atoms with van der Waals surface area (Å²) < 4.78 is 22.8. The summed E-state index contributed by atoms with van der Waals surface area (Å²) in [7, 11) is -1.27. The van der Waals surface area contributed by atoms with Crippen LogP contribution >= 0.6 is 0 Å². The van der Waals surface area contributed by atoms with Crippen molar-refractivity contribution in [1.82, 2.24) is 10.6 Å². The van der Waals surface area contributed by atoms with E-state index in [1.54, 1.807) is 14.0 Å². The number of nitrogens with one attached hydrogen (secondary N) is 2. The summed E-state index contributed by atoms with van der Waals surface area (Å²) in [6.45, 7) is 6.82. The summed E-state index contributed by atoms with van der Waals surface area (Å²) in [5, 5.41) is 6.21. The molecule has 0 aliphatic rings. The first-order valence-electron chi connectivity index (χ1n) is 7.09. The number of sulfone groups is 1. The second kappa shape index (κ2) is 8.02. The highest BCUT2D eigenvalue weighted by Crippen LogP contribution is 2.09. The van der Waals surface area contributed by atoms with Gasteiger partial charge in [-0.2, -0.15) is 0 Å². The molecule has 0 heterocycles. The molecule has 0 radical (unpaired) electrons. The van der Waals surface area contributed by atoms with E-state index in [0.29, 0.717) is 19.0 Å². The Morgan fingerprint density at radius 1 is 1.24 bits per heavy atom. The molecule has 0 saturated carbocycles. The van der Waals surface area contributed by atoms with Crippen molar-refractivity contribution in [3.8, 4) is 0 Å². The Balaban J connectivity index is 2.48. The maximum atomic E-state index is 11.4. The van der Waals surface area contributed by atoms with Gasteiger partial charge < -0.3 is 10.6 Å². The molecule has 0 amide bonds. The number of hydrogen-bond acceptors (Lipinski definition) is 3. The van der Waals surface area contributed by atoms with Crippen LogP contribution in [-0.4, -0.2) is 39.5 Å². The topological polar surface area (TPSA) is 70.6 Å². The molecule has 6 heteroatoms. The molecule has 0 atom stereocenters. The fourth-order valence-electron chi connectivity index (χ4n) is 1.91. The van der Waals surface area contributed by atoms with E-state index < -0.39 is 9.84 Å². The number of benzene rings is 1. The Hall–Kier alpha value is -1.56. The monoisotopic (exact) mass is 311 g/mol. The number of aliphatic imine (C=N–C) groups is 1. The van der Waals surface area contributed by atoms with Crippen molar-refractivity contribution in [3.05, 3.63) is 34.9 Å². The van der Waals surface area contributed by atoms with E-state index >= 15 is 0 Å². The Labute approximate surface area is 127 Å². The van der Waals surface area contributed by atoms with Gasteiger partial charge in [0, 0.05) is 25.9 Å². The summed E-state index contributed by atoms with van der Waals surface area (Å²) in [5.41, 5.74) is 3.67. The van der Waals surface area contributed by atoms with Gasteiger partial charge in [-0.05, 0) is 25.0 Å². The predicted molar refractivity (Wildman–Crippen MR) is 88.4 cm³/mol. The van der Waals surface area contributed by atoms with Gasteiger partial charge in [-0.1, -0.05) is 30.7 Å². The first-order valence-corrected chi connectivity index (χ1v) is 8.91. The molecule has 0 fully saturated rings. The maximum Gasteiger partial charge on any atom is 0.191 e. The van der Waals surface area contributed by atoms with Gasteiger partial charge in [-0.25, -0.2) is 8.42 Å². The molecule has 0 spiro atoms. The lowest BCUT2D eigenvalue weighted by molar-refractivity contribution is 0.595. The standard InChI is InChI=1S/C15H25N3O2S/c1-5-21(19,20)9-8-17-15(16-4)18-11-14-7-6-12(2)10-13(14)3/h6-7,10H,5,8-9,11H2,1-4H3,(H2,16,17,18). The van der Waals surface area contributed by atoms with Gasteiger partial charge in [0.25, 0.3) is 0 Å². The van der Waals surface area contributed by atoms with Gasteiger partial charge in [0.05, 0.1) is 5.75 Å². The lowest BCUT2D eigenvalue weighted by Crippen LogP contribution is -2.39. The zero-order valence-electron chi connectivity index (χ0n) is 13.2. The van der Waals surface area contributed by atoms with Crippen LogP contribution < -0.4 is 10.6 Å². The summed E-state index contributed by atoms with van der Waals surface area (Å²) in [6.07, 6.45) is 0. The molecule has 1 rings (SSSR count). The lowest BCUT2D eigenvalue weighted by atomic mass is 10.1. The molecular weight excluding hydrogens is 286 g/mol. The molecule has 1 aromatic carbocycles. The van der Waals surface area contributed by atoms with E-state index in [9.17, 15) is 8.42 Å². The number of rotatable bonds is 6. The second-order valence-electron chi connectivity index (χ2n) is 5.02. The van der Waals surface area contributed by atoms with Crippen LogP contribution in [0.4, 0.5) is 0 Å². The number of aryl methyl sites for hydroxylation is 2. The van der Waals surface area contributed by atoms with Crippen molar-refractivity contribution in [3.63, 3.8) is 0 Å². The van der Waals surface area contributed by atoms with Crippen LogP contribution in [0.15, 0.2) is 23.2 Å². The third-order valence-corrected chi connectivity index (χ3v) is 5.02. The summed E-state index contributed by atoms with van der Waals surface area (Å²) in [4.78, 5) is 4.10. The smallest absolute Gasteiger partial charge is 0.191 e. The molecule has 21 heavy (non-hydrogen) atoms. The van der Waals surface area contributed by atoms with E-state index in [1.807, 2.05) is 0 Å². The minimum Gasteiger partial charge on any atom is -0.355 e. The van der Waals surface area contributed by atoms with Gasteiger partial charge in [0.15, 0.2) is 15.8 Å². The largest absolute Gasteiger partial charge is 0.355 e. The molecule has 0 unspecified atom stereocenters. The van der Waals surface area contributed by atoms with Gasteiger partial charge in [-0.3, -0.25) is 4.99 Å². The van der Waals surface area contributed by atoms with Gasteiger partial charge in [0.1, 0.15) is 0 Å². The van der Waals surface area contributed by atoms with Crippen LogP contribution in [0.5, 0.6) is 0 Å². The summed E-state index contributed by atoms with van der Waals surface area (Å²) >= 11 is 0. The minimum atomic E-state index is -2.95. The normalized spacial score (nSPS) is 12.3. The van der Waals surface area contributed by atoms with Crippen molar-refractivity contribution >= 4 is 15.8 Å². The third-order valence-electron chi connectivity index (χ3n) is 3.31. The van der Waals surface area contributed by atoms with Crippen LogP contribution in [0, 0.1) is 13.8 Å². The van der Waals surface area contributed by atoms with Crippen molar-refractivity contribution in [2.45, 2.75) is 27.3 Å². The van der Waals surface area contributed by atoms with Crippen LogP contribution in [0.25, 0.3) is 0 Å². The summed E-state index contributed by atoms with van der Waals surface area (Å²) in [6, 6.07) is 6.31. The highest BCUT2D eigenvalue weighted by atomic mass is 32.2. The molecule has 0 saturated heterocycles. The minimum absolute atomic E-state index is 0.119. The molecule has 1 aromatic rings. The molecule has 5 nitrogen and oxygen atoms in total. The lowest BCUT2D eigenvalue weighted by Gasteiger charge is -2.13. The third kappa shape index (κ3) is 6.16. The van der Waals surface area contributed by atoms with E-state index in [4.69, 9.17) is 0 Å². The zero-order chi connectivity index (χ0) is 15.9. The molecule has 0 aliphatic heterocycles. The predicted octanol–water partition coefficient (Wildman–Crippen LogP) is 1.40. The Kier molecular flexibility index (Phi) is 6.68. The summed E-state index contributed by atoms with van der Waals surface area (Å²) in [5.74, 6) is 0.901. The quantitative estimate of drug-likeness (QED) is 0.615. The maximum absolute atomic E-state index is 11.4. The van der Waals surface area contributed by atoms with Crippen LogP contribution in [0.2, 0.25) is 0 Å². The molecule has 0 bridgehead atoms. The van der Waals surface area contributed by atoms with Gasteiger partial charge >= 0.3 is 0 Å². The second-order valence-corrected chi connectivity index (χ2v) is 7.49. The van der Waals surface area contributed by atoms with Crippen LogP contribution in [0.1, 0.15) is 23.6 Å². The number of hydrogen-bond donors (Lipinski definition) is 2. The average Bonchev–Trinajstić information content (AvgIpc) is 2.44. The fourth-order valence-corrected chi connectivity index (χ4v) is 2.61. The molecular formula is C15H25N3O2S.